The van der Waals surface area contributed by atoms with Crippen molar-refractivity contribution in [1.82, 2.24) is 5.32 Å². The number of carbonyl (C=O) groups excluding carboxylic acids is 1. The van der Waals surface area contributed by atoms with Gasteiger partial charge >= 0.3 is 0 Å². The Morgan fingerprint density at radius 3 is 1.41 bits per heavy atom. The van der Waals surface area contributed by atoms with E-state index in [-0.39, 0.29) is 12.5 Å². The number of allylic oxidation sites excluding steroid dienone is 3. The van der Waals surface area contributed by atoms with E-state index < -0.39 is 12.1 Å². The van der Waals surface area contributed by atoms with Crippen LogP contribution in [0.5, 0.6) is 0 Å². The van der Waals surface area contributed by atoms with Gasteiger partial charge in [0, 0.05) is 6.42 Å². The smallest absolute Gasteiger partial charge is 0.220 e. The van der Waals surface area contributed by atoms with Crippen molar-refractivity contribution in [3.63, 3.8) is 0 Å². The molecule has 0 saturated carbocycles. The van der Waals surface area contributed by atoms with Crippen LogP contribution >= 0.6 is 0 Å². The van der Waals surface area contributed by atoms with Gasteiger partial charge in [-0.2, -0.15) is 0 Å². The van der Waals surface area contributed by atoms with Crippen LogP contribution in [-0.2, 0) is 4.79 Å². The van der Waals surface area contributed by atoms with Gasteiger partial charge in [0.25, 0.3) is 0 Å². The van der Waals surface area contributed by atoms with Gasteiger partial charge in [-0.3, -0.25) is 4.79 Å². The van der Waals surface area contributed by atoms with E-state index in [0.717, 1.165) is 32.1 Å². The first kappa shape index (κ1) is 37.9. The summed E-state index contributed by atoms with van der Waals surface area (Å²) in [6.07, 6.45) is 38.2. The monoisotopic (exact) mass is 550 g/mol. The summed E-state index contributed by atoms with van der Waals surface area (Å²) in [6.45, 7) is 4.27. The summed E-state index contributed by atoms with van der Waals surface area (Å²) in [7, 11) is 0. The van der Waals surface area contributed by atoms with Crippen molar-refractivity contribution in [2.24, 2.45) is 0 Å². The molecule has 0 aromatic carbocycles. The standard InChI is InChI=1S/C35H67NO3/c1-3-5-7-9-11-13-15-17-18-19-21-23-25-27-29-31-35(39)36-33(32-37)34(38)30-28-26-24-22-20-16-14-12-10-8-6-4-2/h17-18,28,30,33-34,37-38H,3-16,19-27,29,31-32H2,1-2H3,(H,36,39)/b18-17+,30-28+/t33-,34+/m0/s1. The van der Waals surface area contributed by atoms with Crippen LogP contribution in [0.1, 0.15) is 174 Å². The summed E-state index contributed by atoms with van der Waals surface area (Å²) < 4.78 is 0. The molecule has 0 spiro atoms. The Balaban J connectivity index is 3.66. The van der Waals surface area contributed by atoms with E-state index in [1.165, 1.54) is 122 Å². The zero-order valence-electron chi connectivity index (χ0n) is 26.2. The van der Waals surface area contributed by atoms with Gasteiger partial charge in [0.15, 0.2) is 0 Å². The predicted molar refractivity (Wildman–Crippen MR) is 170 cm³/mol. The topological polar surface area (TPSA) is 69.6 Å². The molecule has 39 heavy (non-hydrogen) atoms. The second-order valence-electron chi connectivity index (χ2n) is 11.6. The molecule has 0 unspecified atom stereocenters. The molecule has 0 aliphatic heterocycles. The molecule has 1 amide bonds. The maximum Gasteiger partial charge on any atom is 0.220 e. The second kappa shape index (κ2) is 31.4. The van der Waals surface area contributed by atoms with Gasteiger partial charge in [-0.15, -0.1) is 0 Å². The summed E-state index contributed by atoms with van der Waals surface area (Å²) in [6, 6.07) is -0.621. The molecule has 0 aliphatic carbocycles. The summed E-state index contributed by atoms with van der Waals surface area (Å²) in [5, 5.41) is 22.8. The van der Waals surface area contributed by atoms with E-state index in [9.17, 15) is 15.0 Å². The lowest BCUT2D eigenvalue weighted by molar-refractivity contribution is -0.123. The number of unbranched alkanes of at least 4 members (excludes halogenated alkanes) is 21. The fourth-order valence-electron chi connectivity index (χ4n) is 4.99. The van der Waals surface area contributed by atoms with Crippen LogP contribution < -0.4 is 5.32 Å². The number of rotatable bonds is 30. The third kappa shape index (κ3) is 28.2. The van der Waals surface area contributed by atoms with Crippen LogP contribution in [0.25, 0.3) is 0 Å². The van der Waals surface area contributed by atoms with Crippen molar-refractivity contribution in [3.05, 3.63) is 24.3 Å². The molecule has 0 bridgehead atoms. The summed E-state index contributed by atoms with van der Waals surface area (Å²) in [5.41, 5.74) is 0. The zero-order chi connectivity index (χ0) is 28.7. The highest BCUT2D eigenvalue weighted by Crippen LogP contribution is 2.12. The van der Waals surface area contributed by atoms with E-state index in [2.05, 4.69) is 31.3 Å². The highest BCUT2D eigenvalue weighted by molar-refractivity contribution is 5.76. The first-order chi connectivity index (χ1) is 19.2. The Kier molecular flexibility index (Phi) is 30.5. The van der Waals surface area contributed by atoms with Gasteiger partial charge in [0.05, 0.1) is 18.8 Å². The number of carbonyl (C=O) groups is 1. The molecule has 0 rings (SSSR count). The summed E-state index contributed by atoms with van der Waals surface area (Å²) >= 11 is 0. The molecule has 0 aliphatic rings. The number of aliphatic hydroxyl groups excluding tert-OH is 2. The van der Waals surface area contributed by atoms with Gasteiger partial charge in [0.2, 0.25) is 5.91 Å². The number of amides is 1. The first-order valence-corrected chi connectivity index (χ1v) is 17.1. The average Bonchev–Trinajstić information content (AvgIpc) is 2.94. The molecule has 0 saturated heterocycles. The van der Waals surface area contributed by atoms with Crippen molar-refractivity contribution >= 4 is 5.91 Å². The average molecular weight is 550 g/mol. The summed E-state index contributed by atoms with van der Waals surface area (Å²) in [4.78, 5) is 12.3. The van der Waals surface area contributed by atoms with E-state index in [1.54, 1.807) is 6.08 Å². The number of nitrogens with one attached hydrogen (secondary N) is 1. The largest absolute Gasteiger partial charge is 0.394 e. The molecule has 2 atom stereocenters. The molecule has 0 radical (unpaired) electrons. The second-order valence-corrected chi connectivity index (χ2v) is 11.6. The SMILES string of the molecule is CCCCCCCC/C=C/CCCCCCCC(=O)N[C@@H](CO)[C@H](O)/C=C/CCCCCCCCCCCC. The molecule has 0 fully saturated rings. The minimum absolute atomic E-state index is 0.0752. The fraction of sp³-hybridized carbons (Fsp3) is 0.857. The van der Waals surface area contributed by atoms with E-state index in [0.29, 0.717) is 6.42 Å². The minimum Gasteiger partial charge on any atom is -0.394 e. The Morgan fingerprint density at radius 1 is 0.590 bits per heavy atom. The van der Waals surface area contributed by atoms with Gasteiger partial charge in [-0.25, -0.2) is 0 Å². The lowest BCUT2D eigenvalue weighted by atomic mass is 10.1. The maximum absolute atomic E-state index is 12.3. The van der Waals surface area contributed by atoms with Gasteiger partial charge in [0.1, 0.15) is 0 Å². The van der Waals surface area contributed by atoms with E-state index >= 15 is 0 Å². The predicted octanol–water partition coefficient (Wildman–Crippen LogP) is 9.73. The third-order valence-electron chi connectivity index (χ3n) is 7.68. The van der Waals surface area contributed by atoms with Gasteiger partial charge in [-0.1, -0.05) is 147 Å². The maximum atomic E-state index is 12.3. The van der Waals surface area contributed by atoms with Gasteiger partial charge in [-0.05, 0) is 44.9 Å². The highest BCUT2D eigenvalue weighted by atomic mass is 16.3. The molecule has 0 aromatic heterocycles. The normalized spacial score (nSPS) is 13.4. The number of aliphatic hydroxyl groups is 2. The molecule has 3 N–H and O–H groups in total. The molecular formula is C35H67NO3. The van der Waals surface area contributed by atoms with E-state index in [1.807, 2.05) is 6.08 Å². The number of hydrogen-bond donors (Lipinski definition) is 3. The lowest BCUT2D eigenvalue weighted by Crippen LogP contribution is -2.45. The number of hydrogen-bond acceptors (Lipinski definition) is 3. The summed E-state index contributed by atoms with van der Waals surface area (Å²) in [5.74, 6) is -0.0752. The van der Waals surface area contributed by atoms with Crippen LogP contribution in [0.2, 0.25) is 0 Å². The van der Waals surface area contributed by atoms with Gasteiger partial charge < -0.3 is 15.5 Å². The Morgan fingerprint density at radius 2 is 0.974 bits per heavy atom. The Bertz CT molecular complexity index is 560. The fourth-order valence-corrected chi connectivity index (χ4v) is 4.99. The van der Waals surface area contributed by atoms with Crippen LogP contribution in [0.15, 0.2) is 24.3 Å². The van der Waals surface area contributed by atoms with Crippen LogP contribution in [0, 0.1) is 0 Å². The highest BCUT2D eigenvalue weighted by Gasteiger charge is 2.17. The molecule has 4 nitrogen and oxygen atoms in total. The first-order valence-electron chi connectivity index (χ1n) is 17.1. The molecule has 230 valence electrons. The van der Waals surface area contributed by atoms with Crippen molar-refractivity contribution in [2.75, 3.05) is 6.61 Å². The zero-order valence-corrected chi connectivity index (χ0v) is 26.2. The molecular weight excluding hydrogens is 482 g/mol. The molecule has 0 heterocycles. The lowest BCUT2D eigenvalue weighted by Gasteiger charge is -2.20. The minimum atomic E-state index is -0.837. The quantitative estimate of drug-likeness (QED) is 0.0617. The van der Waals surface area contributed by atoms with Crippen LogP contribution in [0.4, 0.5) is 0 Å². The van der Waals surface area contributed by atoms with Crippen LogP contribution in [-0.4, -0.2) is 34.9 Å². The van der Waals surface area contributed by atoms with Crippen molar-refractivity contribution in [2.45, 2.75) is 187 Å². The van der Waals surface area contributed by atoms with E-state index in [4.69, 9.17) is 0 Å². The Labute approximate surface area is 243 Å². The van der Waals surface area contributed by atoms with Crippen molar-refractivity contribution < 1.29 is 15.0 Å². The molecule has 0 aromatic rings. The van der Waals surface area contributed by atoms with Crippen LogP contribution in [0.3, 0.4) is 0 Å². The third-order valence-corrected chi connectivity index (χ3v) is 7.68. The van der Waals surface area contributed by atoms with Crippen molar-refractivity contribution in [1.29, 1.82) is 0 Å². The molecule has 4 heteroatoms. The Hall–Kier alpha value is -1.13. The van der Waals surface area contributed by atoms with Crippen molar-refractivity contribution in [3.8, 4) is 0 Å².